The van der Waals surface area contributed by atoms with Crippen LogP contribution in [0.25, 0.3) is 0 Å². The van der Waals surface area contributed by atoms with Crippen LogP contribution in [0.2, 0.25) is 0 Å². The fraction of sp³-hybridized carbons (Fsp3) is 0.625. The van der Waals surface area contributed by atoms with Crippen molar-refractivity contribution in [3.05, 3.63) is 12.7 Å². The van der Waals surface area contributed by atoms with E-state index in [0.29, 0.717) is 6.42 Å². The van der Waals surface area contributed by atoms with Crippen molar-refractivity contribution >= 4 is 5.97 Å². The van der Waals surface area contributed by atoms with E-state index in [1.807, 2.05) is 0 Å². The number of ether oxygens (including phenoxy) is 1. The average Bonchev–Trinajstić information content (AvgIpc) is 1.97. The Morgan fingerprint density at radius 3 is 2.82 bits per heavy atom. The zero-order valence-electron chi connectivity index (χ0n) is 6.75. The molecule has 1 N–H and O–H groups in total. The third-order valence-corrected chi connectivity index (χ3v) is 1.43. The first-order valence-electron chi connectivity index (χ1n) is 3.59. The molecule has 0 spiro atoms. The highest BCUT2D eigenvalue weighted by atomic mass is 16.5. The first-order valence-corrected chi connectivity index (χ1v) is 3.59. The molecule has 3 nitrogen and oxygen atoms in total. The van der Waals surface area contributed by atoms with Crippen LogP contribution in [-0.4, -0.2) is 24.3 Å². The Kier molecular flexibility index (Phi) is 5.47. The van der Waals surface area contributed by atoms with Gasteiger partial charge in [0.05, 0.1) is 0 Å². The minimum Gasteiger partial charge on any atom is -0.479 e. The molecule has 3 heteroatoms. The minimum atomic E-state index is -0.892. The lowest BCUT2D eigenvalue weighted by atomic mass is 10.1. The molecule has 0 amide bonds. The summed E-state index contributed by atoms with van der Waals surface area (Å²) in [6.45, 7) is 3.54. The van der Waals surface area contributed by atoms with Crippen molar-refractivity contribution in [1.29, 1.82) is 0 Å². The van der Waals surface area contributed by atoms with Gasteiger partial charge in [-0.15, -0.1) is 6.58 Å². The molecule has 0 aromatic rings. The predicted octanol–water partition coefficient (Wildman–Crippen LogP) is 1.44. The lowest BCUT2D eigenvalue weighted by Gasteiger charge is -2.08. The molecule has 0 rings (SSSR count). The molecule has 1 atom stereocenters. The molecular formula is C8H14O3. The lowest BCUT2D eigenvalue weighted by Crippen LogP contribution is -2.21. The molecular weight excluding hydrogens is 144 g/mol. The molecule has 64 valence electrons. The second-order valence-electron chi connectivity index (χ2n) is 2.28. The van der Waals surface area contributed by atoms with E-state index in [-0.39, 0.29) is 0 Å². The topological polar surface area (TPSA) is 46.5 Å². The number of methoxy groups -OCH3 is 1. The smallest absolute Gasteiger partial charge is 0.332 e. The maximum Gasteiger partial charge on any atom is 0.332 e. The lowest BCUT2D eigenvalue weighted by molar-refractivity contribution is -0.148. The number of hydrogen-bond acceptors (Lipinski definition) is 2. The summed E-state index contributed by atoms with van der Waals surface area (Å²) in [5, 5.41) is 8.52. The normalized spacial score (nSPS) is 12.5. The second-order valence-corrected chi connectivity index (χ2v) is 2.28. The maximum atomic E-state index is 10.4. The second kappa shape index (κ2) is 5.92. The van der Waals surface area contributed by atoms with Crippen molar-refractivity contribution < 1.29 is 14.6 Å². The predicted molar refractivity (Wildman–Crippen MR) is 42.5 cm³/mol. The fourth-order valence-electron chi connectivity index (χ4n) is 0.790. The van der Waals surface area contributed by atoms with E-state index in [0.717, 1.165) is 12.8 Å². The molecule has 0 saturated carbocycles. The monoisotopic (exact) mass is 158 g/mol. The van der Waals surface area contributed by atoms with E-state index in [1.54, 1.807) is 6.08 Å². The number of carboxylic acids is 1. The quantitative estimate of drug-likeness (QED) is 0.470. The van der Waals surface area contributed by atoms with Crippen LogP contribution in [0.4, 0.5) is 0 Å². The van der Waals surface area contributed by atoms with Crippen LogP contribution in [0.15, 0.2) is 12.7 Å². The van der Waals surface area contributed by atoms with Gasteiger partial charge in [0.2, 0.25) is 0 Å². The Hall–Kier alpha value is -0.830. The molecule has 0 unspecified atom stereocenters. The number of rotatable bonds is 6. The van der Waals surface area contributed by atoms with Gasteiger partial charge >= 0.3 is 5.97 Å². The van der Waals surface area contributed by atoms with Crippen LogP contribution in [0, 0.1) is 0 Å². The fourth-order valence-corrected chi connectivity index (χ4v) is 0.790. The maximum absolute atomic E-state index is 10.4. The van der Waals surface area contributed by atoms with Gasteiger partial charge in [0.1, 0.15) is 0 Å². The van der Waals surface area contributed by atoms with E-state index < -0.39 is 12.1 Å². The van der Waals surface area contributed by atoms with E-state index in [4.69, 9.17) is 9.84 Å². The third kappa shape index (κ3) is 4.56. The number of hydrogen-bond donors (Lipinski definition) is 1. The summed E-state index contributed by atoms with van der Waals surface area (Å²) in [5.41, 5.74) is 0. The van der Waals surface area contributed by atoms with E-state index in [2.05, 4.69) is 6.58 Å². The van der Waals surface area contributed by atoms with Gasteiger partial charge in [-0.2, -0.15) is 0 Å². The number of aliphatic carboxylic acids is 1. The number of unbranched alkanes of at least 4 members (excludes halogenated alkanes) is 1. The summed E-state index contributed by atoms with van der Waals surface area (Å²) in [6, 6.07) is 0. The van der Waals surface area contributed by atoms with Gasteiger partial charge in [-0.25, -0.2) is 4.79 Å². The summed E-state index contributed by atoms with van der Waals surface area (Å²) < 4.78 is 4.72. The summed E-state index contributed by atoms with van der Waals surface area (Å²) >= 11 is 0. The SMILES string of the molecule is C=CCCC[C@@H](OC)C(=O)O. The molecule has 0 saturated heterocycles. The molecule has 0 aliphatic heterocycles. The summed E-state index contributed by atoms with van der Waals surface area (Å²) in [4.78, 5) is 10.4. The van der Waals surface area contributed by atoms with Gasteiger partial charge in [0, 0.05) is 7.11 Å². The average molecular weight is 158 g/mol. The van der Waals surface area contributed by atoms with Crippen molar-refractivity contribution in [2.45, 2.75) is 25.4 Å². The third-order valence-electron chi connectivity index (χ3n) is 1.43. The Bertz CT molecular complexity index is 131. The molecule has 0 fully saturated rings. The molecule has 0 aromatic carbocycles. The highest BCUT2D eigenvalue weighted by Gasteiger charge is 2.14. The molecule has 0 heterocycles. The van der Waals surface area contributed by atoms with Crippen LogP contribution in [-0.2, 0) is 9.53 Å². The Labute approximate surface area is 66.7 Å². The summed E-state index contributed by atoms with van der Waals surface area (Å²) in [5.74, 6) is -0.892. The van der Waals surface area contributed by atoms with Crippen LogP contribution in [0.3, 0.4) is 0 Å². The Morgan fingerprint density at radius 2 is 2.45 bits per heavy atom. The highest BCUT2D eigenvalue weighted by Crippen LogP contribution is 2.04. The van der Waals surface area contributed by atoms with Gasteiger partial charge in [0.15, 0.2) is 6.10 Å². The van der Waals surface area contributed by atoms with Gasteiger partial charge in [-0.3, -0.25) is 0 Å². The zero-order valence-corrected chi connectivity index (χ0v) is 6.75. The first kappa shape index (κ1) is 10.2. The molecule has 0 aliphatic carbocycles. The van der Waals surface area contributed by atoms with E-state index in [9.17, 15) is 4.79 Å². The van der Waals surface area contributed by atoms with Crippen LogP contribution < -0.4 is 0 Å². The van der Waals surface area contributed by atoms with E-state index in [1.165, 1.54) is 7.11 Å². The van der Waals surface area contributed by atoms with Crippen LogP contribution >= 0.6 is 0 Å². The van der Waals surface area contributed by atoms with Crippen LogP contribution in [0.5, 0.6) is 0 Å². The summed E-state index contributed by atoms with van der Waals surface area (Å²) in [7, 11) is 1.41. The van der Waals surface area contributed by atoms with E-state index >= 15 is 0 Å². The van der Waals surface area contributed by atoms with Gasteiger partial charge in [-0.05, 0) is 19.3 Å². The van der Waals surface area contributed by atoms with Crippen molar-refractivity contribution in [1.82, 2.24) is 0 Å². The number of carboxylic acid groups (broad SMARTS) is 1. The number of allylic oxidation sites excluding steroid dienone is 1. The molecule has 11 heavy (non-hydrogen) atoms. The van der Waals surface area contributed by atoms with Crippen molar-refractivity contribution in [3.63, 3.8) is 0 Å². The van der Waals surface area contributed by atoms with Crippen molar-refractivity contribution in [3.8, 4) is 0 Å². The van der Waals surface area contributed by atoms with Gasteiger partial charge in [-0.1, -0.05) is 6.08 Å². The minimum absolute atomic E-state index is 0.553. The zero-order chi connectivity index (χ0) is 8.69. The van der Waals surface area contributed by atoms with Crippen LogP contribution in [0.1, 0.15) is 19.3 Å². The molecule has 0 bridgehead atoms. The molecule has 0 aromatic heterocycles. The van der Waals surface area contributed by atoms with Gasteiger partial charge < -0.3 is 9.84 Å². The summed E-state index contributed by atoms with van der Waals surface area (Å²) in [6.07, 6.45) is 3.32. The largest absolute Gasteiger partial charge is 0.479 e. The molecule has 0 aliphatic rings. The Morgan fingerprint density at radius 1 is 1.82 bits per heavy atom. The highest BCUT2D eigenvalue weighted by molar-refractivity contribution is 5.72. The van der Waals surface area contributed by atoms with Crippen molar-refractivity contribution in [2.24, 2.45) is 0 Å². The Balaban J connectivity index is 3.52. The standard InChI is InChI=1S/C8H14O3/c1-3-4-5-6-7(11-2)8(9)10/h3,7H,1,4-6H2,2H3,(H,9,10)/t7-/m1/s1. The number of carbonyl (C=O) groups is 1. The molecule has 0 radical (unpaired) electrons. The first-order chi connectivity index (χ1) is 5.22. The van der Waals surface area contributed by atoms with Gasteiger partial charge in [0.25, 0.3) is 0 Å². The van der Waals surface area contributed by atoms with Crippen molar-refractivity contribution in [2.75, 3.05) is 7.11 Å².